The minimum Gasteiger partial charge on any atom is -0.508 e. The van der Waals surface area contributed by atoms with E-state index < -0.39 is 0 Å². The van der Waals surface area contributed by atoms with Crippen LogP contribution in [0.3, 0.4) is 0 Å². The van der Waals surface area contributed by atoms with Crippen LogP contribution in [-0.4, -0.2) is 5.11 Å². The topological polar surface area (TPSA) is 20.2 Å². The molecule has 2 aromatic rings. The van der Waals surface area contributed by atoms with Crippen LogP contribution in [-0.2, 0) is 19.3 Å². The third-order valence-corrected chi connectivity index (χ3v) is 4.94. The van der Waals surface area contributed by atoms with Gasteiger partial charge < -0.3 is 5.11 Å². The van der Waals surface area contributed by atoms with E-state index in [9.17, 15) is 5.11 Å². The van der Waals surface area contributed by atoms with Crippen LogP contribution in [0.5, 0.6) is 5.75 Å². The zero-order chi connectivity index (χ0) is 18.1. The fraction of sp³-hybridized carbons (Fsp3) is 0.500. The van der Waals surface area contributed by atoms with Gasteiger partial charge in [-0.15, -0.1) is 0 Å². The molecule has 2 aromatic carbocycles. The highest BCUT2D eigenvalue weighted by atomic mass is 16.3. The number of rotatable bonds is 10. The lowest BCUT2D eigenvalue weighted by atomic mass is 9.87. The fourth-order valence-corrected chi connectivity index (χ4v) is 3.49. The molecule has 25 heavy (non-hydrogen) atoms. The molecule has 0 fully saturated rings. The molecule has 0 aromatic heterocycles. The Morgan fingerprint density at radius 2 is 1.16 bits per heavy atom. The van der Waals surface area contributed by atoms with E-state index in [0.29, 0.717) is 5.75 Å². The van der Waals surface area contributed by atoms with E-state index in [1.807, 2.05) is 12.1 Å². The van der Waals surface area contributed by atoms with E-state index in [1.165, 1.54) is 72.8 Å². The number of phenolic OH excluding ortho intramolecular Hbond substituents is 1. The van der Waals surface area contributed by atoms with Crippen LogP contribution < -0.4 is 0 Å². The van der Waals surface area contributed by atoms with Gasteiger partial charge in [-0.3, -0.25) is 0 Å². The Balaban J connectivity index is 2.51. The standard InChI is InChI=1S/C24H34O/c1-4-7-10-19-17-21(11-8-5-2)24(22(18-19)12-9-6-3)20-13-15-23(25)16-14-20/h13-18,25H,4-12H2,1-3H3. The van der Waals surface area contributed by atoms with Crippen molar-refractivity contribution in [2.24, 2.45) is 0 Å². The summed E-state index contributed by atoms with van der Waals surface area (Å²) < 4.78 is 0. The van der Waals surface area contributed by atoms with E-state index in [-0.39, 0.29) is 0 Å². The molecule has 1 heteroatoms. The molecular weight excluding hydrogens is 304 g/mol. The number of unbranched alkanes of at least 4 members (excludes halogenated alkanes) is 3. The predicted molar refractivity (Wildman–Crippen MR) is 109 cm³/mol. The van der Waals surface area contributed by atoms with Gasteiger partial charge in [0.25, 0.3) is 0 Å². The Morgan fingerprint density at radius 1 is 0.680 bits per heavy atom. The lowest BCUT2D eigenvalue weighted by Gasteiger charge is -2.18. The van der Waals surface area contributed by atoms with Gasteiger partial charge in [-0.2, -0.15) is 0 Å². The van der Waals surface area contributed by atoms with Crippen molar-refractivity contribution in [2.45, 2.75) is 78.6 Å². The van der Waals surface area contributed by atoms with Crippen molar-refractivity contribution in [1.29, 1.82) is 0 Å². The van der Waals surface area contributed by atoms with Crippen molar-refractivity contribution in [3.8, 4) is 16.9 Å². The van der Waals surface area contributed by atoms with Gasteiger partial charge in [0.05, 0.1) is 0 Å². The first kappa shape index (κ1) is 19.6. The number of benzene rings is 2. The summed E-state index contributed by atoms with van der Waals surface area (Å²) >= 11 is 0. The molecule has 0 aliphatic rings. The van der Waals surface area contributed by atoms with Gasteiger partial charge in [-0.25, -0.2) is 0 Å². The van der Waals surface area contributed by atoms with Crippen LogP contribution in [0.1, 0.15) is 76.0 Å². The first-order chi connectivity index (χ1) is 12.2. The molecule has 0 amide bonds. The number of hydrogen-bond donors (Lipinski definition) is 1. The summed E-state index contributed by atoms with van der Waals surface area (Å²) in [5.74, 6) is 0.341. The van der Waals surface area contributed by atoms with E-state index in [4.69, 9.17) is 0 Å². The summed E-state index contributed by atoms with van der Waals surface area (Å²) in [6.07, 6.45) is 10.9. The highest BCUT2D eigenvalue weighted by Crippen LogP contribution is 2.33. The molecule has 0 aliphatic carbocycles. The molecule has 0 aliphatic heterocycles. The lowest BCUT2D eigenvalue weighted by Crippen LogP contribution is -2.01. The Hall–Kier alpha value is -1.76. The molecule has 136 valence electrons. The molecule has 2 rings (SSSR count). The van der Waals surface area contributed by atoms with Gasteiger partial charge in [-0.05, 0) is 78.5 Å². The van der Waals surface area contributed by atoms with Gasteiger partial charge in [-0.1, -0.05) is 64.3 Å². The van der Waals surface area contributed by atoms with E-state index in [0.717, 1.165) is 12.8 Å². The molecule has 1 nitrogen and oxygen atoms in total. The van der Waals surface area contributed by atoms with Crippen molar-refractivity contribution in [3.63, 3.8) is 0 Å². The van der Waals surface area contributed by atoms with Gasteiger partial charge in [0, 0.05) is 0 Å². The molecule has 0 spiro atoms. The molecule has 0 radical (unpaired) electrons. The minimum atomic E-state index is 0.341. The van der Waals surface area contributed by atoms with Crippen LogP contribution >= 0.6 is 0 Å². The van der Waals surface area contributed by atoms with E-state index in [1.54, 1.807) is 0 Å². The van der Waals surface area contributed by atoms with Crippen LogP contribution in [0.2, 0.25) is 0 Å². The largest absolute Gasteiger partial charge is 0.508 e. The zero-order valence-electron chi connectivity index (χ0n) is 16.3. The molecule has 0 saturated carbocycles. The number of aryl methyl sites for hydroxylation is 3. The third-order valence-electron chi connectivity index (χ3n) is 4.94. The molecule has 0 saturated heterocycles. The Bertz CT molecular complexity index is 611. The van der Waals surface area contributed by atoms with Gasteiger partial charge >= 0.3 is 0 Å². The first-order valence-electron chi connectivity index (χ1n) is 10.1. The molecular formula is C24H34O. The van der Waals surface area contributed by atoms with Crippen LogP contribution in [0.15, 0.2) is 36.4 Å². The predicted octanol–water partition coefficient (Wildman–Crippen LogP) is 7.09. The molecule has 0 heterocycles. The molecule has 0 atom stereocenters. The fourth-order valence-electron chi connectivity index (χ4n) is 3.49. The second kappa shape index (κ2) is 10.3. The number of phenols is 1. The van der Waals surface area contributed by atoms with E-state index >= 15 is 0 Å². The van der Waals surface area contributed by atoms with Crippen molar-refractivity contribution in [3.05, 3.63) is 53.1 Å². The van der Waals surface area contributed by atoms with Crippen LogP contribution in [0.4, 0.5) is 0 Å². The second-order valence-electron chi connectivity index (χ2n) is 7.15. The molecule has 0 unspecified atom stereocenters. The summed E-state index contributed by atoms with van der Waals surface area (Å²) in [5, 5.41) is 9.67. The van der Waals surface area contributed by atoms with Gasteiger partial charge in [0.1, 0.15) is 5.75 Å². The van der Waals surface area contributed by atoms with Crippen molar-refractivity contribution in [1.82, 2.24) is 0 Å². The number of hydrogen-bond acceptors (Lipinski definition) is 1. The first-order valence-corrected chi connectivity index (χ1v) is 10.1. The Morgan fingerprint density at radius 3 is 1.64 bits per heavy atom. The minimum absolute atomic E-state index is 0.341. The second-order valence-corrected chi connectivity index (χ2v) is 7.15. The van der Waals surface area contributed by atoms with Crippen LogP contribution in [0, 0.1) is 0 Å². The van der Waals surface area contributed by atoms with Crippen LogP contribution in [0.25, 0.3) is 11.1 Å². The van der Waals surface area contributed by atoms with Gasteiger partial charge in [0.15, 0.2) is 0 Å². The third kappa shape index (κ3) is 5.63. The number of aromatic hydroxyl groups is 1. The normalized spacial score (nSPS) is 11.0. The average Bonchev–Trinajstić information content (AvgIpc) is 2.63. The maximum atomic E-state index is 9.67. The highest BCUT2D eigenvalue weighted by molar-refractivity contribution is 5.72. The average molecular weight is 339 g/mol. The Kier molecular flexibility index (Phi) is 8.04. The Labute approximate surface area is 154 Å². The lowest BCUT2D eigenvalue weighted by molar-refractivity contribution is 0.475. The summed E-state index contributed by atoms with van der Waals surface area (Å²) in [6, 6.07) is 12.7. The van der Waals surface area contributed by atoms with Crippen molar-refractivity contribution < 1.29 is 5.11 Å². The highest BCUT2D eigenvalue weighted by Gasteiger charge is 2.13. The van der Waals surface area contributed by atoms with E-state index in [2.05, 4.69) is 45.0 Å². The zero-order valence-corrected chi connectivity index (χ0v) is 16.3. The van der Waals surface area contributed by atoms with Crippen molar-refractivity contribution in [2.75, 3.05) is 0 Å². The smallest absolute Gasteiger partial charge is 0.115 e. The summed E-state index contributed by atoms with van der Waals surface area (Å²) in [4.78, 5) is 0. The maximum absolute atomic E-state index is 9.67. The molecule has 0 bridgehead atoms. The molecule has 1 N–H and O–H groups in total. The summed E-state index contributed by atoms with van der Waals surface area (Å²) in [7, 11) is 0. The summed E-state index contributed by atoms with van der Waals surface area (Å²) in [6.45, 7) is 6.79. The monoisotopic (exact) mass is 338 g/mol. The quantitative estimate of drug-likeness (QED) is 0.490. The maximum Gasteiger partial charge on any atom is 0.115 e. The van der Waals surface area contributed by atoms with Crippen molar-refractivity contribution >= 4 is 0 Å². The summed E-state index contributed by atoms with van der Waals surface area (Å²) in [5.41, 5.74) is 7.15. The SMILES string of the molecule is CCCCc1cc(CCCC)c(-c2ccc(O)cc2)c(CCCC)c1. The van der Waals surface area contributed by atoms with Gasteiger partial charge in [0.2, 0.25) is 0 Å².